The predicted molar refractivity (Wildman–Crippen MR) is 84.2 cm³/mol. The van der Waals surface area contributed by atoms with Crippen LogP contribution in [0.4, 0.5) is 0 Å². The summed E-state index contributed by atoms with van der Waals surface area (Å²) in [6, 6.07) is 9.53. The Hall–Kier alpha value is -2.12. The van der Waals surface area contributed by atoms with E-state index < -0.39 is 5.92 Å². The average Bonchev–Trinajstić information content (AvgIpc) is 2.80. The normalized spacial score (nSPS) is 11.8. The second kappa shape index (κ2) is 6.11. The van der Waals surface area contributed by atoms with E-state index in [0.717, 1.165) is 16.0 Å². The summed E-state index contributed by atoms with van der Waals surface area (Å²) in [5, 5.41) is 9.48. The van der Waals surface area contributed by atoms with Crippen LogP contribution >= 0.6 is 11.3 Å². The van der Waals surface area contributed by atoms with Gasteiger partial charge in [-0.1, -0.05) is 17.7 Å². The van der Waals surface area contributed by atoms with Crippen LogP contribution in [-0.4, -0.2) is 12.9 Å². The molecule has 0 aliphatic rings. The smallest absolute Gasteiger partial charge is 0.194 e. The van der Waals surface area contributed by atoms with Gasteiger partial charge in [-0.15, -0.1) is 11.3 Å². The molecule has 0 fully saturated rings. The molecule has 1 aromatic carbocycles. The molecule has 0 radical (unpaired) electrons. The second-order valence-corrected chi connectivity index (χ2v) is 6.28. The van der Waals surface area contributed by atoms with Crippen LogP contribution in [0.5, 0.6) is 5.75 Å². The number of carbonyl (C=O) groups excluding carboxylic acids is 1. The van der Waals surface area contributed by atoms with Gasteiger partial charge in [-0.25, -0.2) is 0 Å². The minimum Gasteiger partial charge on any atom is -0.496 e. The molecule has 3 nitrogen and oxygen atoms in total. The zero-order valence-corrected chi connectivity index (χ0v) is 13.4. The van der Waals surface area contributed by atoms with Gasteiger partial charge in [0.25, 0.3) is 0 Å². The van der Waals surface area contributed by atoms with Gasteiger partial charge >= 0.3 is 0 Å². The van der Waals surface area contributed by atoms with E-state index in [9.17, 15) is 10.1 Å². The average molecular weight is 299 g/mol. The number of benzene rings is 1. The van der Waals surface area contributed by atoms with Crippen LogP contribution < -0.4 is 4.74 Å². The fourth-order valence-corrected chi connectivity index (χ4v) is 3.19. The minimum absolute atomic E-state index is 0.164. The molecule has 0 spiro atoms. The van der Waals surface area contributed by atoms with Gasteiger partial charge in [-0.05, 0) is 38.5 Å². The van der Waals surface area contributed by atoms with E-state index in [1.54, 1.807) is 13.2 Å². The van der Waals surface area contributed by atoms with E-state index in [2.05, 4.69) is 6.07 Å². The van der Waals surface area contributed by atoms with E-state index in [-0.39, 0.29) is 5.78 Å². The topological polar surface area (TPSA) is 50.1 Å². The van der Waals surface area contributed by atoms with Crippen LogP contribution in [0.15, 0.2) is 24.3 Å². The number of hydrogen-bond donors (Lipinski definition) is 0. The van der Waals surface area contributed by atoms with Gasteiger partial charge < -0.3 is 4.74 Å². The Labute approximate surface area is 128 Å². The molecule has 4 heteroatoms. The monoisotopic (exact) mass is 299 g/mol. The Morgan fingerprint density at radius 1 is 1.29 bits per heavy atom. The predicted octanol–water partition coefficient (Wildman–Crippen LogP) is 4.17. The Kier molecular flexibility index (Phi) is 4.44. The number of carbonyl (C=O) groups is 1. The summed E-state index contributed by atoms with van der Waals surface area (Å²) in [7, 11) is 1.55. The van der Waals surface area contributed by atoms with Gasteiger partial charge in [0.1, 0.15) is 11.7 Å². The maximum absolute atomic E-state index is 12.7. The van der Waals surface area contributed by atoms with E-state index in [1.165, 1.54) is 11.3 Å². The lowest BCUT2D eigenvalue weighted by Gasteiger charge is -2.13. The lowest BCUT2D eigenvalue weighted by molar-refractivity contribution is 0.0981. The number of ketones is 1. The molecule has 1 atom stereocenters. The summed E-state index contributed by atoms with van der Waals surface area (Å²) in [5.74, 6) is -0.426. The van der Waals surface area contributed by atoms with Crippen molar-refractivity contribution >= 4 is 17.1 Å². The highest BCUT2D eigenvalue weighted by atomic mass is 32.1. The van der Waals surface area contributed by atoms with Crippen molar-refractivity contribution in [3.05, 3.63) is 50.7 Å². The minimum atomic E-state index is -0.836. The van der Waals surface area contributed by atoms with Gasteiger partial charge in [0.2, 0.25) is 0 Å². The molecule has 0 amide bonds. The summed E-state index contributed by atoms with van der Waals surface area (Å²) < 4.78 is 5.30. The fourth-order valence-electron chi connectivity index (χ4n) is 2.19. The van der Waals surface area contributed by atoms with Crippen molar-refractivity contribution < 1.29 is 9.53 Å². The summed E-state index contributed by atoms with van der Waals surface area (Å²) >= 11 is 1.44. The quantitative estimate of drug-likeness (QED) is 0.796. The van der Waals surface area contributed by atoms with Crippen molar-refractivity contribution in [1.29, 1.82) is 5.26 Å². The first-order chi connectivity index (χ1) is 9.97. The lowest BCUT2D eigenvalue weighted by Crippen LogP contribution is -2.11. The number of aryl methyl sites for hydroxylation is 3. The van der Waals surface area contributed by atoms with Crippen molar-refractivity contribution in [2.45, 2.75) is 26.7 Å². The van der Waals surface area contributed by atoms with Crippen molar-refractivity contribution in [3.63, 3.8) is 0 Å². The molecular formula is C17H17NO2S. The Balaban J connectivity index is 2.47. The third-order valence-corrected chi connectivity index (χ3v) is 4.66. The zero-order chi connectivity index (χ0) is 15.6. The number of methoxy groups -OCH3 is 1. The molecule has 0 N–H and O–H groups in total. The lowest BCUT2D eigenvalue weighted by atomic mass is 9.93. The molecule has 1 aromatic heterocycles. The fraction of sp³-hybridized carbons (Fsp3) is 0.294. The number of ether oxygens (including phenoxy) is 1. The Bertz CT molecular complexity index is 705. The summed E-state index contributed by atoms with van der Waals surface area (Å²) in [6.45, 7) is 5.88. The van der Waals surface area contributed by atoms with Crippen LogP contribution in [0, 0.1) is 32.1 Å². The van der Waals surface area contributed by atoms with Gasteiger partial charge in [0.05, 0.1) is 18.1 Å². The van der Waals surface area contributed by atoms with Gasteiger partial charge in [0.15, 0.2) is 5.78 Å². The van der Waals surface area contributed by atoms with Crippen molar-refractivity contribution in [2.75, 3.05) is 7.11 Å². The molecule has 0 saturated carbocycles. The number of rotatable bonds is 4. The molecular weight excluding hydrogens is 282 g/mol. The highest BCUT2D eigenvalue weighted by Crippen LogP contribution is 2.32. The third kappa shape index (κ3) is 2.98. The molecule has 2 rings (SSSR count). The summed E-state index contributed by atoms with van der Waals surface area (Å²) in [4.78, 5) is 14.4. The van der Waals surface area contributed by atoms with E-state index in [4.69, 9.17) is 4.74 Å². The van der Waals surface area contributed by atoms with Crippen LogP contribution in [0.25, 0.3) is 0 Å². The number of thiophene rings is 1. The first-order valence-electron chi connectivity index (χ1n) is 6.63. The highest BCUT2D eigenvalue weighted by molar-refractivity contribution is 7.14. The first-order valence-corrected chi connectivity index (χ1v) is 7.45. The van der Waals surface area contributed by atoms with Crippen LogP contribution in [0.3, 0.4) is 0 Å². The molecule has 0 aliphatic carbocycles. The van der Waals surface area contributed by atoms with E-state index in [0.29, 0.717) is 16.2 Å². The molecule has 1 unspecified atom stereocenters. The van der Waals surface area contributed by atoms with Crippen molar-refractivity contribution in [2.24, 2.45) is 0 Å². The Morgan fingerprint density at radius 3 is 2.52 bits per heavy atom. The molecule has 2 aromatic rings. The van der Waals surface area contributed by atoms with Gasteiger partial charge in [0, 0.05) is 10.4 Å². The molecule has 0 bridgehead atoms. The van der Waals surface area contributed by atoms with Gasteiger partial charge in [-0.2, -0.15) is 5.26 Å². The summed E-state index contributed by atoms with van der Waals surface area (Å²) in [5.41, 5.74) is 2.71. The summed E-state index contributed by atoms with van der Waals surface area (Å²) in [6.07, 6.45) is 0. The largest absolute Gasteiger partial charge is 0.496 e. The number of nitrogens with zero attached hydrogens (tertiary/aromatic N) is 1. The SMILES string of the molecule is COc1ccc(C)cc1C(C#N)C(=O)c1cc(C)c(C)s1. The van der Waals surface area contributed by atoms with Crippen LogP contribution in [0.2, 0.25) is 0 Å². The van der Waals surface area contributed by atoms with Crippen LogP contribution in [-0.2, 0) is 0 Å². The second-order valence-electron chi connectivity index (χ2n) is 5.02. The highest BCUT2D eigenvalue weighted by Gasteiger charge is 2.26. The standard InChI is InChI=1S/C17H17NO2S/c1-10-5-6-15(20-4)13(7-10)14(9-18)17(19)16-8-11(2)12(3)21-16/h5-8,14H,1-4H3. The zero-order valence-electron chi connectivity index (χ0n) is 12.6. The van der Waals surface area contributed by atoms with Crippen molar-refractivity contribution in [1.82, 2.24) is 0 Å². The maximum atomic E-state index is 12.7. The molecule has 0 aliphatic heterocycles. The van der Waals surface area contributed by atoms with Crippen LogP contribution in [0.1, 0.15) is 37.2 Å². The number of nitriles is 1. The molecule has 0 saturated heterocycles. The number of Topliss-reactive ketones (excluding diaryl/α,β-unsaturated/α-hetero) is 1. The molecule has 21 heavy (non-hydrogen) atoms. The maximum Gasteiger partial charge on any atom is 0.194 e. The third-order valence-electron chi connectivity index (χ3n) is 3.50. The van der Waals surface area contributed by atoms with Gasteiger partial charge in [-0.3, -0.25) is 4.79 Å². The van der Waals surface area contributed by atoms with Crippen molar-refractivity contribution in [3.8, 4) is 11.8 Å². The Morgan fingerprint density at radius 2 is 2.00 bits per heavy atom. The van der Waals surface area contributed by atoms with E-state index in [1.807, 2.05) is 39.0 Å². The molecule has 108 valence electrons. The van der Waals surface area contributed by atoms with E-state index >= 15 is 0 Å². The first kappa shape index (κ1) is 15.3. The number of hydrogen-bond acceptors (Lipinski definition) is 4. The molecule has 1 heterocycles.